The van der Waals surface area contributed by atoms with Crippen molar-refractivity contribution < 1.29 is 0 Å². The van der Waals surface area contributed by atoms with E-state index in [1.165, 1.54) is 11.1 Å². The molecule has 0 amide bonds. The summed E-state index contributed by atoms with van der Waals surface area (Å²) in [7, 11) is 2.00. The molecule has 0 aliphatic rings. The molecular formula is C16H22N4. The number of hydrogen-bond acceptors (Lipinski definition) is 4. The Labute approximate surface area is 120 Å². The highest BCUT2D eigenvalue weighted by Crippen LogP contribution is 2.13. The van der Waals surface area contributed by atoms with Crippen molar-refractivity contribution in [3.05, 3.63) is 52.8 Å². The van der Waals surface area contributed by atoms with Crippen molar-refractivity contribution in [1.29, 1.82) is 0 Å². The second kappa shape index (κ2) is 6.48. The molecule has 4 nitrogen and oxygen atoms in total. The van der Waals surface area contributed by atoms with Crippen molar-refractivity contribution >= 4 is 5.95 Å². The van der Waals surface area contributed by atoms with Gasteiger partial charge in [0.2, 0.25) is 5.95 Å². The predicted molar refractivity (Wildman–Crippen MR) is 82.6 cm³/mol. The molecule has 2 aromatic rings. The highest BCUT2D eigenvalue weighted by molar-refractivity contribution is 5.34. The molecular weight excluding hydrogens is 248 g/mol. The number of nitrogens with two attached hydrogens (primary N) is 1. The molecule has 0 bridgehead atoms. The van der Waals surface area contributed by atoms with E-state index in [0.29, 0.717) is 6.54 Å². The molecule has 0 spiro atoms. The highest BCUT2D eigenvalue weighted by atomic mass is 15.2. The van der Waals surface area contributed by atoms with E-state index in [1.807, 2.05) is 24.9 Å². The van der Waals surface area contributed by atoms with Gasteiger partial charge in [-0.15, -0.1) is 0 Å². The number of aromatic nitrogens is 2. The summed E-state index contributed by atoms with van der Waals surface area (Å²) >= 11 is 0. The highest BCUT2D eigenvalue weighted by Gasteiger charge is 2.07. The fraction of sp³-hybridized carbons (Fsp3) is 0.375. The zero-order chi connectivity index (χ0) is 14.5. The van der Waals surface area contributed by atoms with Crippen LogP contribution in [0.2, 0.25) is 0 Å². The van der Waals surface area contributed by atoms with Gasteiger partial charge in [-0.2, -0.15) is 0 Å². The fourth-order valence-corrected chi connectivity index (χ4v) is 2.12. The van der Waals surface area contributed by atoms with Crippen molar-refractivity contribution in [1.82, 2.24) is 9.97 Å². The van der Waals surface area contributed by atoms with E-state index < -0.39 is 0 Å². The van der Waals surface area contributed by atoms with Crippen molar-refractivity contribution in [3.8, 4) is 0 Å². The molecule has 4 heteroatoms. The second-order valence-electron chi connectivity index (χ2n) is 5.03. The maximum absolute atomic E-state index is 5.66. The zero-order valence-corrected chi connectivity index (χ0v) is 12.4. The molecule has 0 saturated carbocycles. The zero-order valence-electron chi connectivity index (χ0n) is 12.4. The number of benzene rings is 1. The number of nitrogens with zero attached hydrogens (tertiary/aromatic N) is 3. The summed E-state index contributed by atoms with van der Waals surface area (Å²) in [6.07, 6.45) is 1.07. The molecule has 0 atom stereocenters. The first-order valence-corrected chi connectivity index (χ1v) is 6.96. The number of rotatable bonds is 5. The Hall–Kier alpha value is -1.94. The summed E-state index contributed by atoms with van der Waals surface area (Å²) in [5.74, 6) is 0.727. The van der Waals surface area contributed by atoms with Crippen LogP contribution in [-0.2, 0) is 19.5 Å². The van der Waals surface area contributed by atoms with Gasteiger partial charge in [-0.05, 0) is 30.5 Å². The van der Waals surface area contributed by atoms with Crippen molar-refractivity contribution in [2.24, 2.45) is 5.73 Å². The number of anilines is 1. The average molecular weight is 270 g/mol. The molecule has 0 aliphatic carbocycles. The third-order valence-corrected chi connectivity index (χ3v) is 3.30. The van der Waals surface area contributed by atoms with Crippen LogP contribution in [0.1, 0.15) is 29.4 Å². The first kappa shape index (κ1) is 14.5. The molecule has 0 unspecified atom stereocenters. The average Bonchev–Trinajstić information content (AvgIpc) is 2.47. The predicted octanol–water partition coefficient (Wildman–Crippen LogP) is 2.44. The van der Waals surface area contributed by atoms with Crippen LogP contribution in [0.4, 0.5) is 5.95 Å². The van der Waals surface area contributed by atoms with Crippen molar-refractivity contribution in [3.63, 3.8) is 0 Å². The molecule has 0 saturated heterocycles. The van der Waals surface area contributed by atoms with Crippen LogP contribution in [0.3, 0.4) is 0 Å². The maximum Gasteiger partial charge on any atom is 0.225 e. The third-order valence-electron chi connectivity index (χ3n) is 3.30. The van der Waals surface area contributed by atoms with Crippen LogP contribution in [0.25, 0.3) is 0 Å². The lowest BCUT2D eigenvalue weighted by Crippen LogP contribution is -2.20. The van der Waals surface area contributed by atoms with Crippen LogP contribution < -0.4 is 10.6 Å². The lowest BCUT2D eigenvalue weighted by atomic mass is 10.1. The smallest absolute Gasteiger partial charge is 0.225 e. The van der Waals surface area contributed by atoms with E-state index >= 15 is 0 Å². The van der Waals surface area contributed by atoms with E-state index in [4.69, 9.17) is 5.73 Å². The number of hydrogen-bond donors (Lipinski definition) is 1. The summed E-state index contributed by atoms with van der Waals surface area (Å²) in [6, 6.07) is 10.6. The molecule has 1 aromatic heterocycles. The van der Waals surface area contributed by atoms with Gasteiger partial charge in [0.15, 0.2) is 0 Å². The standard InChI is InChI=1S/C16H22N4/c1-4-13-5-7-14(8-6-13)11-20(3)16-18-12(2)9-15(10-17)19-16/h5-9H,4,10-11,17H2,1-3H3. The molecule has 2 N–H and O–H groups in total. The largest absolute Gasteiger partial charge is 0.340 e. The van der Waals surface area contributed by atoms with Crippen LogP contribution in [0.5, 0.6) is 0 Å². The number of aryl methyl sites for hydroxylation is 2. The molecule has 2 rings (SSSR count). The van der Waals surface area contributed by atoms with E-state index in [-0.39, 0.29) is 0 Å². The molecule has 1 aromatic carbocycles. The lowest BCUT2D eigenvalue weighted by molar-refractivity contribution is 0.836. The van der Waals surface area contributed by atoms with E-state index in [0.717, 1.165) is 30.3 Å². The fourth-order valence-electron chi connectivity index (χ4n) is 2.12. The van der Waals surface area contributed by atoms with Gasteiger partial charge in [-0.3, -0.25) is 0 Å². The van der Waals surface area contributed by atoms with E-state index in [9.17, 15) is 0 Å². The van der Waals surface area contributed by atoms with Crippen LogP contribution in [0, 0.1) is 6.92 Å². The van der Waals surface area contributed by atoms with Gasteiger partial charge in [-0.25, -0.2) is 9.97 Å². The third kappa shape index (κ3) is 3.54. The maximum atomic E-state index is 5.66. The SMILES string of the molecule is CCc1ccc(CN(C)c2nc(C)cc(CN)n2)cc1. The summed E-state index contributed by atoms with van der Waals surface area (Å²) < 4.78 is 0. The first-order chi connectivity index (χ1) is 9.62. The minimum absolute atomic E-state index is 0.440. The minimum Gasteiger partial charge on any atom is -0.340 e. The summed E-state index contributed by atoms with van der Waals surface area (Å²) in [6.45, 7) is 5.36. The summed E-state index contributed by atoms with van der Waals surface area (Å²) in [5.41, 5.74) is 10.1. The summed E-state index contributed by atoms with van der Waals surface area (Å²) in [4.78, 5) is 11.0. The monoisotopic (exact) mass is 270 g/mol. The lowest BCUT2D eigenvalue weighted by Gasteiger charge is -2.18. The molecule has 20 heavy (non-hydrogen) atoms. The second-order valence-corrected chi connectivity index (χ2v) is 5.03. The van der Waals surface area contributed by atoms with Gasteiger partial charge < -0.3 is 10.6 Å². The first-order valence-electron chi connectivity index (χ1n) is 6.96. The van der Waals surface area contributed by atoms with Crippen molar-refractivity contribution in [2.75, 3.05) is 11.9 Å². The quantitative estimate of drug-likeness (QED) is 0.906. The minimum atomic E-state index is 0.440. The Kier molecular flexibility index (Phi) is 4.69. The van der Waals surface area contributed by atoms with E-state index in [2.05, 4.69) is 41.2 Å². The topological polar surface area (TPSA) is 55.0 Å². The summed E-state index contributed by atoms with van der Waals surface area (Å²) in [5, 5.41) is 0. The molecule has 0 aliphatic heterocycles. The van der Waals surface area contributed by atoms with Gasteiger partial charge in [0.25, 0.3) is 0 Å². The molecule has 1 heterocycles. The molecule has 0 fully saturated rings. The Balaban J connectivity index is 2.14. The van der Waals surface area contributed by atoms with Gasteiger partial charge in [0.05, 0.1) is 5.69 Å². The van der Waals surface area contributed by atoms with Gasteiger partial charge in [-0.1, -0.05) is 31.2 Å². The van der Waals surface area contributed by atoms with Crippen LogP contribution in [-0.4, -0.2) is 17.0 Å². The van der Waals surface area contributed by atoms with Gasteiger partial charge in [0, 0.05) is 25.8 Å². The Morgan fingerprint density at radius 1 is 1.10 bits per heavy atom. The molecule has 106 valence electrons. The van der Waals surface area contributed by atoms with Crippen molar-refractivity contribution in [2.45, 2.75) is 33.4 Å². The van der Waals surface area contributed by atoms with Gasteiger partial charge >= 0.3 is 0 Å². The van der Waals surface area contributed by atoms with E-state index in [1.54, 1.807) is 0 Å². The normalized spacial score (nSPS) is 10.6. The Bertz CT molecular complexity index is 563. The van der Waals surface area contributed by atoms with Crippen LogP contribution >= 0.6 is 0 Å². The van der Waals surface area contributed by atoms with Gasteiger partial charge in [0.1, 0.15) is 0 Å². The Morgan fingerprint density at radius 3 is 2.35 bits per heavy atom. The molecule has 0 radical (unpaired) electrons. The van der Waals surface area contributed by atoms with Crippen LogP contribution in [0.15, 0.2) is 30.3 Å². The Morgan fingerprint density at radius 2 is 1.75 bits per heavy atom.